The van der Waals surface area contributed by atoms with E-state index in [0.29, 0.717) is 17.9 Å². The van der Waals surface area contributed by atoms with Gasteiger partial charge in [-0.05, 0) is 59.7 Å². The molecular formula is C26H26ClNO3. The van der Waals surface area contributed by atoms with Crippen LogP contribution in [0.15, 0.2) is 72.8 Å². The van der Waals surface area contributed by atoms with E-state index in [2.05, 4.69) is 60.8 Å². The molecule has 31 heavy (non-hydrogen) atoms. The lowest BCUT2D eigenvalue weighted by Crippen LogP contribution is -2.12. The summed E-state index contributed by atoms with van der Waals surface area (Å²) < 4.78 is 0. The molecule has 0 saturated heterocycles. The van der Waals surface area contributed by atoms with E-state index < -0.39 is 0 Å². The van der Waals surface area contributed by atoms with Crippen LogP contribution in [0.4, 0.5) is 5.69 Å². The summed E-state index contributed by atoms with van der Waals surface area (Å²) in [5.41, 5.74) is 5.68. The molecule has 3 rings (SSSR count). The summed E-state index contributed by atoms with van der Waals surface area (Å²) in [4.78, 5) is 28.5. The Morgan fingerprint density at radius 3 is 2.26 bits per heavy atom. The molecule has 0 atom stereocenters. The van der Waals surface area contributed by atoms with Crippen molar-refractivity contribution in [2.24, 2.45) is 0 Å². The molecule has 4 nitrogen and oxygen atoms in total. The number of benzene rings is 3. The van der Waals surface area contributed by atoms with Gasteiger partial charge in [0.25, 0.3) is 0 Å². The maximum Gasteiger partial charge on any atom is 0.373 e. The Hall–Kier alpha value is -3.20. The number of carbonyl (C=O) groups is 1. The topological polar surface area (TPSA) is 63.2 Å². The number of halogens is 1. The van der Waals surface area contributed by atoms with E-state index in [0.717, 1.165) is 17.7 Å². The van der Waals surface area contributed by atoms with E-state index in [-0.39, 0.29) is 12.1 Å². The van der Waals surface area contributed by atoms with Gasteiger partial charge in [0, 0.05) is 17.1 Å². The summed E-state index contributed by atoms with van der Waals surface area (Å²) in [6.45, 7) is 2.22. The van der Waals surface area contributed by atoms with Crippen LogP contribution in [0.5, 0.6) is 0 Å². The molecule has 1 N–H and O–H groups in total. The van der Waals surface area contributed by atoms with E-state index in [4.69, 9.17) is 21.2 Å². The van der Waals surface area contributed by atoms with Crippen LogP contribution in [0.2, 0.25) is 5.02 Å². The van der Waals surface area contributed by atoms with Crippen molar-refractivity contribution in [3.8, 4) is 11.1 Å². The van der Waals surface area contributed by atoms with E-state index >= 15 is 0 Å². The molecular weight excluding hydrogens is 410 g/mol. The first kappa shape index (κ1) is 24.1. The highest BCUT2D eigenvalue weighted by atomic mass is 35.5. The minimum atomic E-state index is -0.00653. The molecule has 160 valence electrons. The lowest BCUT2D eigenvalue weighted by molar-refractivity contribution is -0.191. The van der Waals surface area contributed by atoms with Crippen LogP contribution in [-0.2, 0) is 27.2 Å². The third-order valence-corrected chi connectivity index (χ3v) is 5.02. The predicted molar refractivity (Wildman–Crippen MR) is 124 cm³/mol. The minimum absolute atomic E-state index is 0.00653. The molecule has 0 heterocycles. The first-order valence-corrected chi connectivity index (χ1v) is 10.7. The van der Waals surface area contributed by atoms with Crippen LogP contribution in [0.3, 0.4) is 0 Å². The van der Waals surface area contributed by atoms with Crippen LogP contribution in [0, 0.1) is 0 Å². The van der Waals surface area contributed by atoms with Crippen molar-refractivity contribution in [3.05, 3.63) is 88.9 Å². The second-order valence-electron chi connectivity index (χ2n) is 7.14. The van der Waals surface area contributed by atoms with Crippen molar-refractivity contribution in [1.29, 1.82) is 0 Å². The SMILES string of the molecule is CCCCc1ccc(-c2cccc(CCC(=O)Nc3cccc(Cl)c3)c2)cc1.O=C=O. The second kappa shape index (κ2) is 13.2. The lowest BCUT2D eigenvalue weighted by atomic mass is 9.99. The van der Waals surface area contributed by atoms with E-state index in [1.54, 1.807) is 12.1 Å². The van der Waals surface area contributed by atoms with Crippen LogP contribution >= 0.6 is 11.6 Å². The molecule has 0 bridgehead atoms. The van der Waals surface area contributed by atoms with Gasteiger partial charge in [-0.25, -0.2) is 0 Å². The molecule has 0 aromatic heterocycles. The minimum Gasteiger partial charge on any atom is -0.326 e. The van der Waals surface area contributed by atoms with Crippen LogP contribution < -0.4 is 5.32 Å². The zero-order chi connectivity index (χ0) is 22.5. The Balaban J connectivity index is 0.00000107. The number of rotatable bonds is 8. The van der Waals surface area contributed by atoms with E-state index in [1.807, 2.05) is 12.1 Å². The summed E-state index contributed by atoms with van der Waals surface area (Å²) in [6.07, 6.45) is 4.97. The van der Waals surface area contributed by atoms with Crippen molar-refractivity contribution in [3.63, 3.8) is 0 Å². The first-order valence-electron chi connectivity index (χ1n) is 10.3. The second-order valence-corrected chi connectivity index (χ2v) is 7.58. The highest BCUT2D eigenvalue weighted by molar-refractivity contribution is 6.30. The maximum absolute atomic E-state index is 12.2. The summed E-state index contributed by atoms with van der Waals surface area (Å²) in [5.74, 6) is -0.00653. The third-order valence-electron chi connectivity index (χ3n) is 4.78. The molecule has 0 aliphatic heterocycles. The average Bonchev–Trinajstić information content (AvgIpc) is 2.77. The Morgan fingerprint density at radius 2 is 1.58 bits per heavy atom. The number of nitrogens with one attached hydrogen (secondary N) is 1. The highest BCUT2D eigenvalue weighted by Crippen LogP contribution is 2.22. The predicted octanol–water partition coefficient (Wildman–Crippen LogP) is 6.34. The van der Waals surface area contributed by atoms with Gasteiger partial charge < -0.3 is 5.32 Å². The van der Waals surface area contributed by atoms with Gasteiger partial charge in [-0.15, -0.1) is 0 Å². The average molecular weight is 436 g/mol. The van der Waals surface area contributed by atoms with Gasteiger partial charge >= 0.3 is 6.15 Å². The summed E-state index contributed by atoms with van der Waals surface area (Å²) >= 11 is 5.96. The Labute approximate surface area is 188 Å². The summed E-state index contributed by atoms with van der Waals surface area (Å²) in [7, 11) is 0. The van der Waals surface area contributed by atoms with Crippen molar-refractivity contribution in [2.45, 2.75) is 39.0 Å². The molecule has 0 aliphatic carbocycles. The van der Waals surface area contributed by atoms with Gasteiger partial charge in [-0.1, -0.05) is 79.5 Å². The number of amides is 1. The van der Waals surface area contributed by atoms with Crippen molar-refractivity contribution in [2.75, 3.05) is 5.32 Å². The molecule has 0 aliphatic rings. The fourth-order valence-electron chi connectivity index (χ4n) is 3.20. The fraction of sp³-hybridized carbons (Fsp3) is 0.231. The van der Waals surface area contributed by atoms with Gasteiger partial charge in [-0.3, -0.25) is 4.79 Å². The summed E-state index contributed by atoms with van der Waals surface area (Å²) in [5, 5.41) is 3.52. The van der Waals surface area contributed by atoms with Crippen molar-refractivity contribution >= 4 is 29.3 Å². The zero-order valence-electron chi connectivity index (χ0n) is 17.6. The van der Waals surface area contributed by atoms with Gasteiger partial charge in [0.05, 0.1) is 0 Å². The van der Waals surface area contributed by atoms with Crippen molar-refractivity contribution in [1.82, 2.24) is 0 Å². The van der Waals surface area contributed by atoms with Gasteiger partial charge in [0.15, 0.2) is 0 Å². The fourth-order valence-corrected chi connectivity index (χ4v) is 3.39. The van der Waals surface area contributed by atoms with Gasteiger partial charge in [-0.2, -0.15) is 9.59 Å². The quantitative estimate of drug-likeness (QED) is 0.449. The molecule has 0 saturated carbocycles. The number of aryl methyl sites for hydroxylation is 2. The third kappa shape index (κ3) is 8.59. The molecule has 0 radical (unpaired) electrons. The van der Waals surface area contributed by atoms with Crippen LogP contribution in [0.1, 0.15) is 37.3 Å². The lowest BCUT2D eigenvalue weighted by Gasteiger charge is -2.08. The molecule has 0 spiro atoms. The number of anilines is 1. The highest BCUT2D eigenvalue weighted by Gasteiger charge is 2.05. The molecule has 1 amide bonds. The number of carbonyl (C=O) groups excluding carboxylic acids is 3. The van der Waals surface area contributed by atoms with Gasteiger partial charge in [0.1, 0.15) is 0 Å². The van der Waals surface area contributed by atoms with E-state index in [1.165, 1.54) is 29.5 Å². The molecule has 5 heteroatoms. The zero-order valence-corrected chi connectivity index (χ0v) is 18.3. The Morgan fingerprint density at radius 1 is 0.871 bits per heavy atom. The normalized spacial score (nSPS) is 9.87. The Kier molecular flexibility index (Phi) is 10.2. The van der Waals surface area contributed by atoms with Crippen LogP contribution in [0.25, 0.3) is 11.1 Å². The molecule has 0 unspecified atom stereocenters. The Bertz CT molecular complexity index is 1010. The maximum atomic E-state index is 12.2. The first-order chi connectivity index (χ1) is 15.0. The molecule has 3 aromatic carbocycles. The summed E-state index contributed by atoms with van der Waals surface area (Å²) in [6, 6.07) is 24.5. The molecule has 0 fully saturated rings. The van der Waals surface area contributed by atoms with Crippen molar-refractivity contribution < 1.29 is 14.4 Å². The monoisotopic (exact) mass is 435 g/mol. The number of hydrogen-bond acceptors (Lipinski definition) is 3. The largest absolute Gasteiger partial charge is 0.373 e. The standard InChI is InChI=1S/C25H26ClNO.CO2/c1-2-3-6-19-11-14-21(15-12-19)22-8-4-7-20(17-22)13-16-25(28)27-24-10-5-9-23(26)18-24;2-1-3/h4-5,7-12,14-15,17-18H,2-3,6,13,16H2,1H3,(H,27,28);. The van der Waals surface area contributed by atoms with Gasteiger partial charge in [0.2, 0.25) is 5.91 Å². The molecule has 3 aromatic rings. The van der Waals surface area contributed by atoms with E-state index in [9.17, 15) is 4.79 Å². The number of unbranched alkanes of at least 4 members (excludes halogenated alkanes) is 1. The number of hydrogen-bond donors (Lipinski definition) is 1. The smallest absolute Gasteiger partial charge is 0.326 e. The van der Waals surface area contributed by atoms with Crippen LogP contribution in [-0.4, -0.2) is 12.1 Å².